The first-order valence-corrected chi connectivity index (χ1v) is 6.33. The highest BCUT2D eigenvalue weighted by Crippen LogP contribution is 2.27. The van der Waals surface area contributed by atoms with Gasteiger partial charge in [0.15, 0.2) is 0 Å². The second-order valence-corrected chi connectivity index (χ2v) is 4.63. The molecule has 6 heteroatoms. The number of aliphatic hydroxyl groups is 2. The van der Waals surface area contributed by atoms with E-state index in [0.717, 1.165) is 0 Å². The first kappa shape index (κ1) is 14.2. The molecular formula is C14H18N4O2. The number of anilines is 1. The number of benzene rings is 1. The van der Waals surface area contributed by atoms with Gasteiger partial charge in [0, 0.05) is 22.9 Å². The molecule has 0 spiro atoms. The highest BCUT2D eigenvalue weighted by Gasteiger charge is 2.16. The Morgan fingerprint density at radius 2 is 2.00 bits per heavy atom. The van der Waals surface area contributed by atoms with E-state index in [9.17, 15) is 10.2 Å². The third-order valence-electron chi connectivity index (χ3n) is 3.14. The van der Waals surface area contributed by atoms with Gasteiger partial charge in [-0.25, -0.2) is 0 Å². The fourth-order valence-electron chi connectivity index (χ4n) is 1.97. The van der Waals surface area contributed by atoms with Gasteiger partial charge >= 0.3 is 0 Å². The summed E-state index contributed by atoms with van der Waals surface area (Å²) in [4.78, 5) is 0. The van der Waals surface area contributed by atoms with E-state index in [0.29, 0.717) is 34.8 Å². The molecular weight excluding hydrogens is 256 g/mol. The van der Waals surface area contributed by atoms with Gasteiger partial charge in [-0.2, -0.15) is 10.2 Å². The molecule has 1 atom stereocenters. The first-order valence-electron chi connectivity index (χ1n) is 6.33. The Kier molecular flexibility index (Phi) is 4.49. The fraction of sp³-hybridized carbons (Fsp3) is 0.286. The van der Waals surface area contributed by atoms with E-state index in [2.05, 4.69) is 10.2 Å². The smallest absolute Gasteiger partial charge is 0.0913 e. The van der Waals surface area contributed by atoms with Crippen LogP contribution < -0.4 is 11.5 Å². The quantitative estimate of drug-likeness (QED) is 0.492. The first-order chi connectivity index (χ1) is 9.63. The summed E-state index contributed by atoms with van der Waals surface area (Å²) < 4.78 is 0. The topological polar surface area (TPSA) is 117 Å². The molecule has 1 aliphatic carbocycles. The lowest BCUT2D eigenvalue weighted by atomic mass is 9.97. The molecule has 1 unspecified atom stereocenters. The van der Waals surface area contributed by atoms with Gasteiger partial charge in [0.2, 0.25) is 0 Å². The van der Waals surface area contributed by atoms with Gasteiger partial charge in [-0.05, 0) is 30.7 Å². The maximum Gasteiger partial charge on any atom is 0.0913 e. The average molecular weight is 274 g/mol. The van der Waals surface area contributed by atoms with Crippen LogP contribution in [-0.4, -0.2) is 16.8 Å². The summed E-state index contributed by atoms with van der Waals surface area (Å²) in [7, 11) is 0. The molecule has 0 heterocycles. The lowest BCUT2D eigenvalue weighted by Crippen LogP contribution is -2.13. The van der Waals surface area contributed by atoms with E-state index in [1.54, 1.807) is 24.3 Å². The number of aliphatic hydroxyl groups excluding tert-OH is 2. The minimum atomic E-state index is -0.163. The van der Waals surface area contributed by atoms with Gasteiger partial charge in [0.05, 0.1) is 24.6 Å². The minimum Gasteiger partial charge on any atom is -0.399 e. The molecule has 20 heavy (non-hydrogen) atoms. The molecule has 106 valence electrons. The van der Waals surface area contributed by atoms with Crippen LogP contribution in [0.3, 0.4) is 0 Å². The second-order valence-electron chi connectivity index (χ2n) is 4.63. The molecule has 0 bridgehead atoms. The van der Waals surface area contributed by atoms with Crippen molar-refractivity contribution in [2.45, 2.75) is 13.0 Å². The molecule has 6 N–H and O–H groups in total. The van der Waals surface area contributed by atoms with E-state index in [4.69, 9.17) is 11.5 Å². The number of nitrogens with two attached hydrogens (primary N) is 2. The molecule has 1 aromatic rings. The molecule has 6 nitrogen and oxygen atoms in total. The summed E-state index contributed by atoms with van der Waals surface area (Å²) in [5, 5.41) is 26.9. The minimum absolute atomic E-state index is 0.0107. The molecule has 1 aromatic carbocycles. The Balaban J connectivity index is 2.26. The number of hydrogen-bond donors (Lipinski definition) is 4. The highest BCUT2D eigenvalue weighted by atomic mass is 16.3. The zero-order valence-electron chi connectivity index (χ0n) is 11.0. The predicted octanol–water partition coefficient (Wildman–Crippen LogP) is 1.58. The van der Waals surface area contributed by atoms with Gasteiger partial charge in [-0.15, -0.1) is 0 Å². The van der Waals surface area contributed by atoms with Crippen LogP contribution >= 0.6 is 0 Å². The fourth-order valence-corrected chi connectivity index (χ4v) is 1.97. The number of nitrogen functional groups attached to an aromatic ring is 1. The van der Waals surface area contributed by atoms with Crippen molar-refractivity contribution in [3.63, 3.8) is 0 Å². The lowest BCUT2D eigenvalue weighted by molar-refractivity contribution is 0.245. The number of hydrogen-bond acceptors (Lipinski definition) is 6. The Labute approximate surface area is 117 Å². The zero-order valence-corrected chi connectivity index (χ0v) is 11.0. The summed E-state index contributed by atoms with van der Waals surface area (Å²) in [5.74, 6) is -0.0996. The number of nitrogens with zero attached hydrogens (tertiary/aromatic N) is 2. The average Bonchev–Trinajstić information content (AvgIpc) is 2.46. The lowest BCUT2D eigenvalue weighted by Gasteiger charge is -2.16. The Hall–Kier alpha value is -2.18. The summed E-state index contributed by atoms with van der Waals surface area (Å²) >= 11 is 0. The van der Waals surface area contributed by atoms with Crippen molar-refractivity contribution in [2.24, 2.45) is 21.9 Å². The predicted molar refractivity (Wildman–Crippen MR) is 76.8 cm³/mol. The largest absolute Gasteiger partial charge is 0.399 e. The van der Waals surface area contributed by atoms with Crippen molar-refractivity contribution >= 4 is 11.4 Å². The molecule has 1 aliphatic rings. The van der Waals surface area contributed by atoms with Gasteiger partial charge in [-0.1, -0.05) is 6.08 Å². The van der Waals surface area contributed by atoms with Crippen molar-refractivity contribution in [1.82, 2.24) is 0 Å². The summed E-state index contributed by atoms with van der Waals surface area (Å²) in [5.41, 5.74) is 14.3. The molecule has 0 saturated heterocycles. The van der Waals surface area contributed by atoms with Crippen LogP contribution in [0.4, 0.5) is 11.4 Å². The van der Waals surface area contributed by atoms with Crippen molar-refractivity contribution < 1.29 is 10.2 Å². The summed E-state index contributed by atoms with van der Waals surface area (Å²) in [6, 6.07) is 5.04. The molecule has 0 aliphatic heterocycles. The third-order valence-corrected chi connectivity index (χ3v) is 3.14. The van der Waals surface area contributed by atoms with E-state index >= 15 is 0 Å². The molecule has 0 saturated carbocycles. The van der Waals surface area contributed by atoms with E-state index in [1.807, 2.05) is 6.08 Å². The second kappa shape index (κ2) is 6.31. The number of azo groups is 1. The van der Waals surface area contributed by atoms with Gasteiger partial charge in [0.1, 0.15) is 0 Å². The van der Waals surface area contributed by atoms with Crippen LogP contribution in [0.25, 0.3) is 0 Å². The van der Waals surface area contributed by atoms with Crippen LogP contribution in [0.5, 0.6) is 0 Å². The maximum absolute atomic E-state index is 9.31. The zero-order chi connectivity index (χ0) is 14.5. The van der Waals surface area contributed by atoms with Gasteiger partial charge < -0.3 is 21.7 Å². The molecule has 0 aromatic heterocycles. The van der Waals surface area contributed by atoms with Crippen LogP contribution in [0, 0.1) is 5.92 Å². The van der Waals surface area contributed by atoms with Crippen molar-refractivity contribution in [2.75, 3.05) is 12.3 Å². The number of allylic oxidation sites excluding steroid dienone is 2. The van der Waals surface area contributed by atoms with Crippen LogP contribution in [-0.2, 0) is 6.61 Å². The molecule has 0 radical (unpaired) electrons. The van der Waals surface area contributed by atoms with Crippen LogP contribution in [0.15, 0.2) is 52.0 Å². The maximum atomic E-state index is 9.31. The van der Waals surface area contributed by atoms with Gasteiger partial charge in [0.25, 0.3) is 0 Å². The Morgan fingerprint density at radius 1 is 1.20 bits per heavy atom. The standard InChI is InChI=1S/C14H18N4O2/c15-11-3-4-13(10(5-11)8-20)17-18-14-6-12(16)2-1-9(14)7-19/h2-6,9,19-20H,1,7-8,15-16H2. The molecule has 0 amide bonds. The van der Waals surface area contributed by atoms with Gasteiger partial charge in [-0.3, -0.25) is 0 Å². The van der Waals surface area contributed by atoms with Crippen LogP contribution in [0.2, 0.25) is 0 Å². The van der Waals surface area contributed by atoms with Crippen LogP contribution in [0.1, 0.15) is 12.0 Å². The molecule has 2 rings (SSSR count). The van der Waals surface area contributed by atoms with Crippen molar-refractivity contribution in [1.29, 1.82) is 0 Å². The van der Waals surface area contributed by atoms with E-state index in [1.165, 1.54) is 0 Å². The number of rotatable bonds is 4. The SMILES string of the molecule is NC1=CCC(CO)C(N=Nc2ccc(N)cc2CO)=C1. The van der Waals surface area contributed by atoms with Crippen molar-refractivity contribution in [3.8, 4) is 0 Å². The van der Waals surface area contributed by atoms with Crippen molar-refractivity contribution in [3.05, 3.63) is 47.3 Å². The summed E-state index contributed by atoms with van der Waals surface area (Å²) in [6.07, 6.45) is 4.19. The summed E-state index contributed by atoms with van der Waals surface area (Å²) in [6.45, 7) is -0.173. The Morgan fingerprint density at radius 3 is 2.70 bits per heavy atom. The Bertz CT molecular complexity index is 579. The monoisotopic (exact) mass is 274 g/mol. The van der Waals surface area contributed by atoms with E-state index in [-0.39, 0.29) is 19.1 Å². The highest BCUT2D eigenvalue weighted by molar-refractivity contribution is 5.54. The van der Waals surface area contributed by atoms with E-state index < -0.39 is 0 Å². The normalized spacial score (nSPS) is 19.0. The third kappa shape index (κ3) is 3.23. The molecule has 0 fully saturated rings.